The quantitative estimate of drug-likeness (QED) is 0.659. The molecule has 0 spiro atoms. The SMILES string of the molecule is COC(=O)/C=C/CNC(=O)c1cccc(C(=O)N2CCCCC2)c1. The number of nitrogens with one attached hydrogen (secondary N) is 1. The van der Waals surface area contributed by atoms with Gasteiger partial charge in [-0.2, -0.15) is 0 Å². The molecule has 0 unspecified atom stereocenters. The minimum absolute atomic E-state index is 0.0325. The molecular formula is C18H22N2O4. The topological polar surface area (TPSA) is 75.7 Å². The molecule has 2 amide bonds. The predicted octanol–water partition coefficient (Wildman–Crippen LogP) is 1.77. The van der Waals surface area contributed by atoms with E-state index in [4.69, 9.17) is 0 Å². The summed E-state index contributed by atoms with van der Waals surface area (Å²) >= 11 is 0. The first-order valence-corrected chi connectivity index (χ1v) is 8.04. The van der Waals surface area contributed by atoms with Crippen LogP contribution >= 0.6 is 0 Å². The van der Waals surface area contributed by atoms with Crippen molar-refractivity contribution in [1.82, 2.24) is 10.2 Å². The van der Waals surface area contributed by atoms with Gasteiger partial charge in [0.25, 0.3) is 11.8 Å². The smallest absolute Gasteiger partial charge is 0.330 e. The zero-order valence-corrected chi connectivity index (χ0v) is 13.8. The number of hydrogen-bond donors (Lipinski definition) is 1. The van der Waals surface area contributed by atoms with Crippen LogP contribution in [0.1, 0.15) is 40.0 Å². The van der Waals surface area contributed by atoms with Crippen LogP contribution in [0.4, 0.5) is 0 Å². The Morgan fingerprint density at radius 3 is 2.58 bits per heavy atom. The molecule has 6 nitrogen and oxygen atoms in total. The highest BCUT2D eigenvalue weighted by atomic mass is 16.5. The van der Waals surface area contributed by atoms with E-state index >= 15 is 0 Å². The average molecular weight is 330 g/mol. The van der Waals surface area contributed by atoms with Gasteiger partial charge < -0.3 is 15.0 Å². The maximum absolute atomic E-state index is 12.5. The maximum Gasteiger partial charge on any atom is 0.330 e. The number of methoxy groups -OCH3 is 1. The number of benzene rings is 1. The standard InChI is InChI=1S/C18H22N2O4/c1-24-16(21)9-6-10-19-17(22)14-7-5-8-15(13-14)18(23)20-11-3-2-4-12-20/h5-9,13H,2-4,10-12H2,1H3,(H,19,22)/b9-6+. The molecule has 1 aromatic carbocycles. The van der Waals surface area contributed by atoms with Gasteiger partial charge in [-0.15, -0.1) is 0 Å². The fourth-order valence-corrected chi connectivity index (χ4v) is 2.55. The molecule has 2 rings (SSSR count). The van der Waals surface area contributed by atoms with Crippen LogP contribution < -0.4 is 5.32 Å². The number of esters is 1. The van der Waals surface area contributed by atoms with Gasteiger partial charge in [-0.05, 0) is 37.5 Å². The molecule has 6 heteroatoms. The van der Waals surface area contributed by atoms with Gasteiger partial charge in [-0.25, -0.2) is 4.79 Å². The molecule has 0 bridgehead atoms. The van der Waals surface area contributed by atoms with Crippen LogP contribution in [0.2, 0.25) is 0 Å². The molecule has 0 saturated carbocycles. The number of carbonyl (C=O) groups excluding carboxylic acids is 3. The molecule has 128 valence electrons. The molecule has 0 atom stereocenters. The predicted molar refractivity (Wildman–Crippen MR) is 89.7 cm³/mol. The number of likely N-dealkylation sites (tertiary alicyclic amines) is 1. The summed E-state index contributed by atoms with van der Waals surface area (Å²) in [6.07, 6.45) is 5.96. The summed E-state index contributed by atoms with van der Waals surface area (Å²) < 4.78 is 4.46. The Kier molecular flexibility index (Phi) is 6.54. The third kappa shape index (κ3) is 4.94. The van der Waals surface area contributed by atoms with Crippen LogP contribution in [0, 0.1) is 0 Å². The van der Waals surface area contributed by atoms with Gasteiger partial charge in [0.1, 0.15) is 0 Å². The Labute approximate surface area is 141 Å². The second kappa shape index (κ2) is 8.86. The second-order valence-electron chi connectivity index (χ2n) is 5.57. The van der Waals surface area contributed by atoms with Crippen LogP contribution in [0.5, 0.6) is 0 Å². The molecule has 1 fully saturated rings. The molecule has 24 heavy (non-hydrogen) atoms. The lowest BCUT2D eigenvalue weighted by Crippen LogP contribution is -2.35. The average Bonchev–Trinajstić information content (AvgIpc) is 2.65. The molecule has 0 radical (unpaired) electrons. The van der Waals surface area contributed by atoms with Crippen LogP contribution in [0.15, 0.2) is 36.4 Å². The number of amides is 2. The Hall–Kier alpha value is -2.63. The highest BCUT2D eigenvalue weighted by Gasteiger charge is 2.19. The van der Waals surface area contributed by atoms with Crippen molar-refractivity contribution in [3.05, 3.63) is 47.5 Å². The minimum Gasteiger partial charge on any atom is -0.466 e. The second-order valence-corrected chi connectivity index (χ2v) is 5.57. The van der Waals surface area contributed by atoms with Gasteiger partial charge in [0.15, 0.2) is 0 Å². The minimum atomic E-state index is -0.474. The van der Waals surface area contributed by atoms with Crippen LogP contribution in [0.3, 0.4) is 0 Å². The largest absolute Gasteiger partial charge is 0.466 e. The molecule has 1 heterocycles. The number of piperidine rings is 1. The zero-order valence-electron chi connectivity index (χ0n) is 13.8. The van der Waals surface area contributed by atoms with E-state index in [0.29, 0.717) is 11.1 Å². The molecule has 1 saturated heterocycles. The van der Waals surface area contributed by atoms with E-state index in [0.717, 1.165) is 32.4 Å². The number of rotatable bonds is 5. The van der Waals surface area contributed by atoms with Crippen LogP contribution in [0.25, 0.3) is 0 Å². The summed E-state index contributed by atoms with van der Waals surface area (Å²) in [6, 6.07) is 6.70. The van der Waals surface area contributed by atoms with E-state index in [9.17, 15) is 14.4 Å². The normalized spacial score (nSPS) is 14.5. The molecule has 0 aromatic heterocycles. The molecule has 1 N–H and O–H groups in total. The Balaban J connectivity index is 1.96. The van der Waals surface area contributed by atoms with Crippen molar-refractivity contribution in [3.63, 3.8) is 0 Å². The van der Waals surface area contributed by atoms with E-state index in [1.807, 2.05) is 4.90 Å². The molecule has 1 aliphatic rings. The number of nitrogens with zero attached hydrogens (tertiary/aromatic N) is 1. The van der Waals surface area contributed by atoms with Gasteiger partial charge in [0, 0.05) is 36.8 Å². The van der Waals surface area contributed by atoms with Crippen molar-refractivity contribution in [2.24, 2.45) is 0 Å². The Morgan fingerprint density at radius 2 is 1.88 bits per heavy atom. The third-order valence-electron chi connectivity index (χ3n) is 3.85. The third-order valence-corrected chi connectivity index (χ3v) is 3.85. The van der Waals surface area contributed by atoms with Gasteiger partial charge in [0.05, 0.1) is 7.11 Å². The van der Waals surface area contributed by atoms with Gasteiger partial charge in [-0.3, -0.25) is 9.59 Å². The number of ether oxygens (including phenoxy) is 1. The first-order valence-electron chi connectivity index (χ1n) is 8.04. The van der Waals surface area contributed by atoms with Crippen molar-refractivity contribution in [3.8, 4) is 0 Å². The lowest BCUT2D eigenvalue weighted by Gasteiger charge is -2.26. The van der Waals surface area contributed by atoms with Crippen molar-refractivity contribution >= 4 is 17.8 Å². The molecule has 1 aliphatic heterocycles. The van der Waals surface area contributed by atoms with Crippen molar-refractivity contribution in [1.29, 1.82) is 0 Å². The van der Waals surface area contributed by atoms with Crippen molar-refractivity contribution in [2.75, 3.05) is 26.7 Å². The van der Waals surface area contributed by atoms with Gasteiger partial charge in [-0.1, -0.05) is 12.1 Å². The monoisotopic (exact) mass is 330 g/mol. The van der Waals surface area contributed by atoms with Gasteiger partial charge in [0.2, 0.25) is 0 Å². The fraction of sp³-hybridized carbons (Fsp3) is 0.389. The first kappa shape index (κ1) is 17.7. The lowest BCUT2D eigenvalue weighted by atomic mass is 10.1. The fourth-order valence-electron chi connectivity index (χ4n) is 2.55. The highest BCUT2D eigenvalue weighted by molar-refractivity contribution is 5.99. The van der Waals surface area contributed by atoms with Crippen LogP contribution in [-0.4, -0.2) is 49.4 Å². The van der Waals surface area contributed by atoms with Gasteiger partial charge >= 0.3 is 5.97 Å². The molecular weight excluding hydrogens is 308 g/mol. The van der Waals surface area contributed by atoms with E-state index in [2.05, 4.69) is 10.1 Å². The van der Waals surface area contributed by atoms with E-state index in [1.165, 1.54) is 19.3 Å². The lowest BCUT2D eigenvalue weighted by molar-refractivity contribution is -0.134. The number of carbonyl (C=O) groups is 3. The maximum atomic E-state index is 12.5. The summed E-state index contributed by atoms with van der Waals surface area (Å²) in [5, 5.41) is 2.67. The van der Waals surface area contributed by atoms with Crippen molar-refractivity contribution < 1.29 is 19.1 Å². The molecule has 0 aliphatic carbocycles. The summed E-state index contributed by atoms with van der Waals surface area (Å²) in [7, 11) is 1.29. The van der Waals surface area contributed by atoms with Crippen molar-refractivity contribution in [2.45, 2.75) is 19.3 Å². The Bertz CT molecular complexity index is 634. The number of hydrogen-bond acceptors (Lipinski definition) is 4. The first-order chi connectivity index (χ1) is 11.6. The molecule has 1 aromatic rings. The summed E-state index contributed by atoms with van der Waals surface area (Å²) in [5.41, 5.74) is 0.944. The van der Waals surface area contributed by atoms with E-state index in [-0.39, 0.29) is 18.4 Å². The van der Waals surface area contributed by atoms with Crippen LogP contribution in [-0.2, 0) is 9.53 Å². The Morgan fingerprint density at radius 1 is 1.17 bits per heavy atom. The van der Waals surface area contributed by atoms with E-state index < -0.39 is 5.97 Å². The summed E-state index contributed by atoms with van der Waals surface area (Å²) in [6.45, 7) is 1.75. The summed E-state index contributed by atoms with van der Waals surface area (Å²) in [5.74, 6) is -0.800. The van der Waals surface area contributed by atoms with E-state index in [1.54, 1.807) is 24.3 Å². The zero-order chi connectivity index (χ0) is 17.4. The highest BCUT2D eigenvalue weighted by Crippen LogP contribution is 2.14. The summed E-state index contributed by atoms with van der Waals surface area (Å²) in [4.78, 5) is 37.4.